The first kappa shape index (κ1) is 19.3. The molecule has 2 aromatic rings. The number of benzene rings is 2. The zero-order valence-corrected chi connectivity index (χ0v) is 14.6. The van der Waals surface area contributed by atoms with E-state index >= 15 is 0 Å². The van der Waals surface area contributed by atoms with E-state index in [0.29, 0.717) is 6.42 Å². The van der Waals surface area contributed by atoms with Crippen LogP contribution in [0.1, 0.15) is 29.3 Å². The zero-order chi connectivity index (χ0) is 19.3. The van der Waals surface area contributed by atoms with E-state index in [4.69, 9.17) is 11.6 Å². The maximum Gasteiger partial charge on any atom is 0.295 e. The molecule has 0 aliphatic carbocycles. The van der Waals surface area contributed by atoms with Crippen molar-refractivity contribution in [3.05, 3.63) is 78.8 Å². The van der Waals surface area contributed by atoms with Crippen LogP contribution in [0.2, 0.25) is 5.02 Å². The van der Waals surface area contributed by atoms with E-state index in [0.717, 1.165) is 24.1 Å². The second-order valence-electron chi connectivity index (χ2n) is 5.74. The lowest BCUT2D eigenvalue weighted by molar-refractivity contribution is -0.393. The molecule has 136 valence electrons. The quantitative estimate of drug-likeness (QED) is 0.580. The average molecular weight is 378 g/mol. The summed E-state index contributed by atoms with van der Waals surface area (Å²) in [4.78, 5) is 32.7. The molecule has 1 unspecified atom stereocenters. The van der Waals surface area contributed by atoms with E-state index in [1.807, 2.05) is 30.3 Å². The summed E-state index contributed by atoms with van der Waals surface area (Å²) in [6.07, 6.45) is 1.39. The van der Waals surface area contributed by atoms with Crippen molar-refractivity contribution in [2.75, 3.05) is 0 Å². The molecule has 0 radical (unpaired) electrons. The van der Waals surface area contributed by atoms with Crippen LogP contribution in [-0.4, -0.2) is 21.8 Å². The fourth-order valence-electron chi connectivity index (χ4n) is 2.40. The summed E-state index contributed by atoms with van der Waals surface area (Å²) >= 11 is 5.68. The number of nitro benzene ring substituents is 2. The van der Waals surface area contributed by atoms with Gasteiger partial charge in [0.2, 0.25) is 0 Å². The molecule has 1 N–H and O–H groups in total. The molecule has 0 aliphatic heterocycles. The standard InChI is InChI=1S/C17H16ClN3O5/c1-11(7-8-12-5-3-2-4-6-12)19-17(22)13-9-14(20(23)24)16(18)15(10-13)21(25)26/h2-6,9-11H,7-8H2,1H3,(H,19,22). The number of hydrogen-bond acceptors (Lipinski definition) is 5. The van der Waals surface area contributed by atoms with Gasteiger partial charge < -0.3 is 5.32 Å². The lowest BCUT2D eigenvalue weighted by Crippen LogP contribution is -2.33. The lowest BCUT2D eigenvalue weighted by Gasteiger charge is -2.14. The van der Waals surface area contributed by atoms with E-state index in [9.17, 15) is 25.0 Å². The van der Waals surface area contributed by atoms with Crippen molar-refractivity contribution in [3.63, 3.8) is 0 Å². The Kier molecular flexibility index (Phi) is 6.24. The summed E-state index contributed by atoms with van der Waals surface area (Å²) < 4.78 is 0. The number of nitro groups is 2. The molecule has 0 spiro atoms. The van der Waals surface area contributed by atoms with Gasteiger partial charge in [0.15, 0.2) is 5.02 Å². The number of carbonyl (C=O) groups is 1. The smallest absolute Gasteiger partial charge is 0.295 e. The van der Waals surface area contributed by atoms with Crippen molar-refractivity contribution >= 4 is 28.9 Å². The summed E-state index contributed by atoms with van der Waals surface area (Å²) in [5.41, 5.74) is -0.420. The number of carbonyl (C=O) groups excluding carboxylic acids is 1. The molecule has 1 atom stereocenters. The van der Waals surface area contributed by atoms with Crippen LogP contribution < -0.4 is 5.32 Å². The van der Waals surface area contributed by atoms with Crippen molar-refractivity contribution in [2.45, 2.75) is 25.8 Å². The topological polar surface area (TPSA) is 115 Å². The number of halogens is 1. The molecule has 0 bridgehead atoms. The predicted octanol–water partition coefficient (Wildman–Crippen LogP) is 3.91. The minimum absolute atomic E-state index is 0.181. The molecule has 8 nitrogen and oxygen atoms in total. The number of nitrogens with zero attached hydrogens (tertiary/aromatic N) is 2. The molecule has 0 saturated heterocycles. The molecule has 0 aliphatic rings. The van der Waals surface area contributed by atoms with Gasteiger partial charge in [0.25, 0.3) is 17.3 Å². The maximum atomic E-state index is 12.3. The third-order valence-corrected chi connectivity index (χ3v) is 4.16. The number of rotatable bonds is 7. The third kappa shape index (κ3) is 4.76. The first-order chi connectivity index (χ1) is 12.3. The van der Waals surface area contributed by atoms with E-state index in [-0.39, 0.29) is 11.6 Å². The SMILES string of the molecule is CC(CCc1ccccc1)NC(=O)c1cc([N+](=O)[O-])c(Cl)c([N+](=O)[O-])c1. The first-order valence-electron chi connectivity index (χ1n) is 7.76. The Morgan fingerprint density at radius 1 is 1.12 bits per heavy atom. The van der Waals surface area contributed by atoms with Gasteiger partial charge in [-0.25, -0.2) is 0 Å². The second kappa shape index (κ2) is 8.39. The maximum absolute atomic E-state index is 12.3. The third-order valence-electron chi connectivity index (χ3n) is 3.78. The summed E-state index contributed by atoms with van der Waals surface area (Å²) in [6, 6.07) is 11.4. The first-order valence-corrected chi connectivity index (χ1v) is 8.14. The summed E-state index contributed by atoms with van der Waals surface area (Å²) in [5.74, 6) is -0.631. The monoisotopic (exact) mass is 377 g/mol. The minimum atomic E-state index is -0.856. The molecular formula is C17H16ClN3O5. The van der Waals surface area contributed by atoms with E-state index in [1.54, 1.807) is 6.92 Å². The van der Waals surface area contributed by atoms with Crippen LogP contribution in [-0.2, 0) is 6.42 Å². The number of amides is 1. The fourth-order valence-corrected chi connectivity index (χ4v) is 2.65. The Morgan fingerprint density at radius 2 is 1.65 bits per heavy atom. The number of nitrogens with one attached hydrogen (secondary N) is 1. The lowest BCUT2D eigenvalue weighted by atomic mass is 10.1. The molecule has 9 heteroatoms. The molecule has 2 rings (SSSR count). The van der Waals surface area contributed by atoms with Crippen LogP contribution in [0.5, 0.6) is 0 Å². The van der Waals surface area contributed by atoms with Gasteiger partial charge in [-0.1, -0.05) is 41.9 Å². The van der Waals surface area contributed by atoms with Gasteiger partial charge in [-0.2, -0.15) is 0 Å². The van der Waals surface area contributed by atoms with Crippen LogP contribution in [0.4, 0.5) is 11.4 Å². The van der Waals surface area contributed by atoms with Gasteiger partial charge in [-0.15, -0.1) is 0 Å². The Balaban J connectivity index is 2.13. The van der Waals surface area contributed by atoms with Gasteiger partial charge in [-0.3, -0.25) is 25.0 Å². The minimum Gasteiger partial charge on any atom is -0.350 e. The molecule has 0 fully saturated rings. The Hall–Kier alpha value is -3.00. The van der Waals surface area contributed by atoms with Gasteiger partial charge >= 0.3 is 0 Å². The van der Waals surface area contributed by atoms with Crippen LogP contribution in [0.3, 0.4) is 0 Å². The van der Waals surface area contributed by atoms with Crippen molar-refractivity contribution in [3.8, 4) is 0 Å². The number of hydrogen-bond donors (Lipinski definition) is 1. The van der Waals surface area contributed by atoms with Crippen LogP contribution in [0.25, 0.3) is 0 Å². The van der Waals surface area contributed by atoms with Crippen molar-refractivity contribution in [1.29, 1.82) is 0 Å². The van der Waals surface area contributed by atoms with E-state index in [1.165, 1.54) is 0 Å². The molecule has 0 aromatic heterocycles. The molecule has 1 amide bonds. The highest BCUT2D eigenvalue weighted by molar-refractivity contribution is 6.35. The Labute approximate surface area is 154 Å². The molecule has 0 heterocycles. The van der Waals surface area contributed by atoms with Gasteiger partial charge in [0.05, 0.1) is 15.4 Å². The van der Waals surface area contributed by atoms with E-state index in [2.05, 4.69) is 5.32 Å². The van der Waals surface area contributed by atoms with Crippen LogP contribution >= 0.6 is 11.6 Å². The summed E-state index contributed by atoms with van der Waals surface area (Å²) in [7, 11) is 0. The molecule has 2 aromatic carbocycles. The van der Waals surface area contributed by atoms with Crippen molar-refractivity contribution in [2.24, 2.45) is 0 Å². The van der Waals surface area contributed by atoms with Crippen LogP contribution in [0.15, 0.2) is 42.5 Å². The highest BCUT2D eigenvalue weighted by Gasteiger charge is 2.27. The average Bonchev–Trinajstić information content (AvgIpc) is 2.60. The molecular weight excluding hydrogens is 362 g/mol. The van der Waals surface area contributed by atoms with Crippen molar-refractivity contribution in [1.82, 2.24) is 5.32 Å². The van der Waals surface area contributed by atoms with E-state index < -0.39 is 32.2 Å². The second-order valence-corrected chi connectivity index (χ2v) is 6.12. The predicted molar refractivity (Wildman–Crippen MR) is 96.5 cm³/mol. The van der Waals surface area contributed by atoms with Gasteiger partial charge in [0.1, 0.15) is 0 Å². The summed E-state index contributed by atoms with van der Waals surface area (Å²) in [5, 5.41) is 24.1. The zero-order valence-electron chi connectivity index (χ0n) is 13.8. The summed E-state index contributed by atoms with van der Waals surface area (Å²) in [6.45, 7) is 1.79. The van der Waals surface area contributed by atoms with Crippen LogP contribution in [0, 0.1) is 20.2 Å². The Bertz CT molecular complexity index is 807. The van der Waals surface area contributed by atoms with Crippen molar-refractivity contribution < 1.29 is 14.6 Å². The fraction of sp³-hybridized carbons (Fsp3) is 0.235. The van der Waals surface area contributed by atoms with Gasteiger partial charge in [-0.05, 0) is 25.3 Å². The number of aryl methyl sites for hydroxylation is 1. The van der Waals surface area contributed by atoms with Gasteiger partial charge in [0, 0.05) is 18.2 Å². The normalized spacial score (nSPS) is 11.6. The molecule has 26 heavy (non-hydrogen) atoms. The highest BCUT2D eigenvalue weighted by atomic mass is 35.5. The largest absolute Gasteiger partial charge is 0.350 e. The highest BCUT2D eigenvalue weighted by Crippen LogP contribution is 2.34. The Morgan fingerprint density at radius 3 is 2.15 bits per heavy atom. The molecule has 0 saturated carbocycles.